The highest BCUT2D eigenvalue weighted by molar-refractivity contribution is 5.11. The van der Waals surface area contributed by atoms with Crippen LogP contribution >= 0.6 is 0 Å². The standard InChI is InChI=1S/C14H26O/c1-4-12(5-2)6-7-13-8-11(3)9-14(13)10-15/h8,12-15H,4-7,9-10H2,1-3H3/t13?,14-/m0/s1. The molecule has 0 spiro atoms. The third-order valence-corrected chi connectivity index (χ3v) is 3.99. The van der Waals surface area contributed by atoms with Crippen molar-refractivity contribution in [1.29, 1.82) is 0 Å². The van der Waals surface area contributed by atoms with E-state index in [1.165, 1.54) is 31.3 Å². The lowest BCUT2D eigenvalue weighted by Crippen LogP contribution is -2.13. The van der Waals surface area contributed by atoms with E-state index >= 15 is 0 Å². The van der Waals surface area contributed by atoms with E-state index in [-0.39, 0.29) is 0 Å². The highest BCUT2D eigenvalue weighted by Gasteiger charge is 2.25. The molecular formula is C14H26O. The normalized spacial score (nSPS) is 26.1. The number of aliphatic hydroxyl groups excluding tert-OH is 1. The molecule has 88 valence electrons. The third kappa shape index (κ3) is 3.64. The summed E-state index contributed by atoms with van der Waals surface area (Å²) in [5, 5.41) is 9.30. The molecule has 0 saturated carbocycles. The molecule has 0 fully saturated rings. The van der Waals surface area contributed by atoms with Gasteiger partial charge in [-0.3, -0.25) is 0 Å². The summed E-state index contributed by atoms with van der Waals surface area (Å²) in [6.07, 6.45) is 8.71. The van der Waals surface area contributed by atoms with Crippen molar-refractivity contribution in [2.45, 2.75) is 52.9 Å². The van der Waals surface area contributed by atoms with Crippen LogP contribution < -0.4 is 0 Å². The van der Waals surface area contributed by atoms with Gasteiger partial charge in [-0.1, -0.05) is 38.3 Å². The lowest BCUT2D eigenvalue weighted by atomic mass is 9.87. The second kappa shape index (κ2) is 6.32. The van der Waals surface area contributed by atoms with Crippen LogP contribution in [0.5, 0.6) is 0 Å². The van der Waals surface area contributed by atoms with Crippen LogP contribution in [0.2, 0.25) is 0 Å². The minimum Gasteiger partial charge on any atom is -0.396 e. The van der Waals surface area contributed by atoms with Gasteiger partial charge in [0.2, 0.25) is 0 Å². The zero-order chi connectivity index (χ0) is 11.3. The van der Waals surface area contributed by atoms with Crippen LogP contribution in [-0.4, -0.2) is 11.7 Å². The second-order valence-electron chi connectivity index (χ2n) is 5.08. The van der Waals surface area contributed by atoms with Gasteiger partial charge in [0.05, 0.1) is 0 Å². The van der Waals surface area contributed by atoms with Crippen LogP contribution in [0.3, 0.4) is 0 Å². The molecule has 0 aromatic heterocycles. The Morgan fingerprint density at radius 3 is 2.60 bits per heavy atom. The van der Waals surface area contributed by atoms with Crippen molar-refractivity contribution in [3.8, 4) is 0 Å². The van der Waals surface area contributed by atoms with E-state index in [2.05, 4.69) is 26.8 Å². The summed E-state index contributed by atoms with van der Waals surface area (Å²) >= 11 is 0. The highest BCUT2D eigenvalue weighted by atomic mass is 16.3. The number of hydrogen-bond donors (Lipinski definition) is 1. The molecule has 1 N–H and O–H groups in total. The maximum absolute atomic E-state index is 9.30. The van der Waals surface area contributed by atoms with Crippen molar-refractivity contribution in [2.75, 3.05) is 6.61 Å². The van der Waals surface area contributed by atoms with Gasteiger partial charge in [-0.2, -0.15) is 0 Å². The number of rotatable bonds is 6. The largest absolute Gasteiger partial charge is 0.396 e. The van der Waals surface area contributed by atoms with Crippen LogP contribution in [-0.2, 0) is 0 Å². The van der Waals surface area contributed by atoms with E-state index in [1.54, 1.807) is 0 Å². The first-order valence-electron chi connectivity index (χ1n) is 6.49. The molecule has 0 heterocycles. The summed E-state index contributed by atoms with van der Waals surface area (Å²) in [5.74, 6) is 2.05. The Hall–Kier alpha value is -0.300. The van der Waals surface area contributed by atoms with Gasteiger partial charge in [-0.15, -0.1) is 0 Å². The van der Waals surface area contributed by atoms with Crippen LogP contribution in [0.15, 0.2) is 11.6 Å². The maximum Gasteiger partial charge on any atom is 0.0467 e. The van der Waals surface area contributed by atoms with Crippen LogP contribution in [0.1, 0.15) is 52.9 Å². The Bertz CT molecular complexity index is 203. The summed E-state index contributed by atoms with van der Waals surface area (Å²) in [6.45, 7) is 7.13. The van der Waals surface area contributed by atoms with Gasteiger partial charge in [0.1, 0.15) is 0 Å². The fourth-order valence-electron chi connectivity index (χ4n) is 2.78. The molecule has 1 aliphatic rings. The first kappa shape index (κ1) is 12.8. The molecule has 0 radical (unpaired) electrons. The summed E-state index contributed by atoms with van der Waals surface area (Å²) in [7, 11) is 0. The molecule has 2 atom stereocenters. The van der Waals surface area contributed by atoms with Gasteiger partial charge in [0, 0.05) is 6.61 Å². The van der Waals surface area contributed by atoms with Gasteiger partial charge in [-0.25, -0.2) is 0 Å². The van der Waals surface area contributed by atoms with Crippen molar-refractivity contribution >= 4 is 0 Å². The molecule has 0 amide bonds. The quantitative estimate of drug-likeness (QED) is 0.661. The average Bonchev–Trinajstić information content (AvgIpc) is 2.60. The lowest BCUT2D eigenvalue weighted by Gasteiger charge is -2.19. The number of allylic oxidation sites excluding steroid dienone is 2. The second-order valence-corrected chi connectivity index (χ2v) is 5.08. The first-order valence-corrected chi connectivity index (χ1v) is 6.49. The van der Waals surface area contributed by atoms with Gasteiger partial charge < -0.3 is 5.11 Å². The molecule has 0 aromatic rings. The Morgan fingerprint density at radius 1 is 1.40 bits per heavy atom. The number of hydrogen-bond acceptors (Lipinski definition) is 1. The minimum atomic E-state index is 0.363. The predicted octanol–water partition coefficient (Wildman–Crippen LogP) is 3.78. The van der Waals surface area contributed by atoms with Crippen molar-refractivity contribution < 1.29 is 5.11 Å². The molecular weight excluding hydrogens is 184 g/mol. The zero-order valence-electron chi connectivity index (χ0n) is 10.5. The van der Waals surface area contributed by atoms with Crippen LogP contribution in [0.25, 0.3) is 0 Å². The molecule has 0 aliphatic heterocycles. The van der Waals surface area contributed by atoms with Crippen LogP contribution in [0.4, 0.5) is 0 Å². The Labute approximate surface area is 94.6 Å². The van der Waals surface area contributed by atoms with Crippen molar-refractivity contribution in [3.05, 3.63) is 11.6 Å². The van der Waals surface area contributed by atoms with E-state index in [1.807, 2.05) is 0 Å². The van der Waals surface area contributed by atoms with E-state index in [4.69, 9.17) is 0 Å². The van der Waals surface area contributed by atoms with E-state index < -0.39 is 0 Å². The molecule has 0 saturated heterocycles. The smallest absolute Gasteiger partial charge is 0.0467 e. The maximum atomic E-state index is 9.30. The zero-order valence-corrected chi connectivity index (χ0v) is 10.5. The lowest BCUT2D eigenvalue weighted by molar-refractivity contribution is 0.193. The van der Waals surface area contributed by atoms with Gasteiger partial charge >= 0.3 is 0 Å². The molecule has 1 aliphatic carbocycles. The van der Waals surface area contributed by atoms with E-state index in [0.29, 0.717) is 18.4 Å². The fraction of sp³-hybridized carbons (Fsp3) is 0.857. The highest BCUT2D eigenvalue weighted by Crippen LogP contribution is 2.34. The average molecular weight is 210 g/mol. The first-order chi connectivity index (χ1) is 7.21. The molecule has 1 heteroatoms. The summed E-state index contributed by atoms with van der Waals surface area (Å²) in [5.41, 5.74) is 1.48. The molecule has 0 aromatic carbocycles. The summed E-state index contributed by atoms with van der Waals surface area (Å²) in [4.78, 5) is 0. The SMILES string of the molecule is CCC(CC)CCC1C=C(C)C[C@H]1CO. The van der Waals surface area contributed by atoms with E-state index in [0.717, 1.165) is 12.3 Å². The van der Waals surface area contributed by atoms with Gasteiger partial charge in [0.25, 0.3) is 0 Å². The van der Waals surface area contributed by atoms with Crippen molar-refractivity contribution in [2.24, 2.45) is 17.8 Å². The van der Waals surface area contributed by atoms with Gasteiger partial charge in [-0.05, 0) is 43.9 Å². The summed E-state index contributed by atoms with van der Waals surface area (Å²) < 4.78 is 0. The topological polar surface area (TPSA) is 20.2 Å². The monoisotopic (exact) mass is 210 g/mol. The van der Waals surface area contributed by atoms with Crippen molar-refractivity contribution in [3.63, 3.8) is 0 Å². The van der Waals surface area contributed by atoms with E-state index in [9.17, 15) is 5.11 Å². The van der Waals surface area contributed by atoms with Crippen LogP contribution in [0, 0.1) is 17.8 Å². The molecule has 1 nitrogen and oxygen atoms in total. The summed E-state index contributed by atoms with van der Waals surface area (Å²) in [6, 6.07) is 0. The molecule has 1 unspecified atom stereocenters. The van der Waals surface area contributed by atoms with Crippen molar-refractivity contribution in [1.82, 2.24) is 0 Å². The fourth-order valence-corrected chi connectivity index (χ4v) is 2.78. The predicted molar refractivity (Wildman–Crippen MR) is 65.7 cm³/mol. The Morgan fingerprint density at radius 2 is 2.07 bits per heavy atom. The third-order valence-electron chi connectivity index (χ3n) is 3.99. The number of aliphatic hydroxyl groups is 1. The Balaban J connectivity index is 2.36. The molecule has 1 rings (SSSR count). The minimum absolute atomic E-state index is 0.363. The van der Waals surface area contributed by atoms with Gasteiger partial charge in [0.15, 0.2) is 0 Å². The molecule has 15 heavy (non-hydrogen) atoms. The molecule has 0 bridgehead atoms. The Kier molecular flexibility index (Phi) is 5.38.